The molecule has 1 aliphatic rings. The average molecular weight is 196 g/mol. The molecule has 0 spiro atoms. The van der Waals surface area contributed by atoms with Crippen molar-refractivity contribution in [3.8, 4) is 0 Å². The Kier molecular flexibility index (Phi) is 3.87. The maximum Gasteiger partial charge on any atom is 0.152 e. The second-order valence-electron chi connectivity index (χ2n) is 4.63. The second kappa shape index (κ2) is 4.74. The molecule has 14 heavy (non-hydrogen) atoms. The topological polar surface area (TPSA) is 37.3 Å². The Morgan fingerprint density at radius 2 is 1.79 bits per heavy atom. The zero-order valence-corrected chi connectivity index (χ0v) is 9.23. The highest BCUT2D eigenvalue weighted by Gasteiger charge is 2.30. The predicted molar refractivity (Wildman–Crippen MR) is 56.9 cm³/mol. The molecule has 2 atom stereocenters. The molecule has 0 bridgehead atoms. The van der Waals surface area contributed by atoms with E-state index in [-0.39, 0.29) is 11.9 Å². The summed E-state index contributed by atoms with van der Waals surface area (Å²) in [7, 11) is 0. The molecule has 1 fully saturated rings. The Bertz CT molecular complexity index is 220. The molecular formula is C12H20O2. The van der Waals surface area contributed by atoms with Gasteiger partial charge in [-0.1, -0.05) is 19.9 Å². The van der Waals surface area contributed by atoms with Crippen LogP contribution < -0.4 is 0 Å². The first-order valence-corrected chi connectivity index (χ1v) is 5.37. The van der Waals surface area contributed by atoms with E-state index in [1.54, 1.807) is 13.0 Å². The SMILES string of the molecule is CC(=O)/C=C/C1C(C)CC(O)CC1C. The summed E-state index contributed by atoms with van der Waals surface area (Å²) in [5.74, 6) is 1.51. The quantitative estimate of drug-likeness (QED) is 0.687. The molecule has 0 aromatic heterocycles. The smallest absolute Gasteiger partial charge is 0.152 e. The van der Waals surface area contributed by atoms with E-state index in [1.165, 1.54) is 0 Å². The summed E-state index contributed by atoms with van der Waals surface area (Å²) in [5.41, 5.74) is 0. The molecule has 0 saturated heterocycles. The van der Waals surface area contributed by atoms with Gasteiger partial charge >= 0.3 is 0 Å². The summed E-state index contributed by atoms with van der Waals surface area (Å²) in [4.78, 5) is 10.8. The van der Waals surface area contributed by atoms with Crippen LogP contribution in [0.25, 0.3) is 0 Å². The molecule has 0 heterocycles. The standard InChI is InChI=1S/C12H20O2/c1-8-6-11(14)7-9(2)12(8)5-4-10(3)13/h4-5,8-9,11-12,14H,6-7H2,1-3H3/b5-4+. The van der Waals surface area contributed by atoms with E-state index in [4.69, 9.17) is 0 Å². The van der Waals surface area contributed by atoms with Crippen molar-refractivity contribution < 1.29 is 9.90 Å². The lowest BCUT2D eigenvalue weighted by Gasteiger charge is -2.35. The zero-order valence-electron chi connectivity index (χ0n) is 9.23. The van der Waals surface area contributed by atoms with Gasteiger partial charge in [0, 0.05) is 0 Å². The Balaban J connectivity index is 2.62. The average Bonchev–Trinajstić information content (AvgIpc) is 2.01. The lowest BCUT2D eigenvalue weighted by Crippen LogP contribution is -2.31. The molecule has 0 aromatic carbocycles. The molecular weight excluding hydrogens is 176 g/mol. The molecule has 1 rings (SSSR count). The minimum absolute atomic E-state index is 0.107. The number of hydrogen-bond donors (Lipinski definition) is 1. The summed E-state index contributed by atoms with van der Waals surface area (Å²) < 4.78 is 0. The molecule has 1 saturated carbocycles. The van der Waals surface area contributed by atoms with E-state index >= 15 is 0 Å². The highest BCUT2D eigenvalue weighted by Crippen LogP contribution is 2.35. The fourth-order valence-electron chi connectivity index (χ4n) is 2.46. The molecule has 0 aliphatic heterocycles. The van der Waals surface area contributed by atoms with Gasteiger partial charge in [-0.2, -0.15) is 0 Å². The summed E-state index contributed by atoms with van der Waals surface area (Å²) >= 11 is 0. The van der Waals surface area contributed by atoms with Crippen LogP contribution in [0.5, 0.6) is 0 Å². The molecule has 2 unspecified atom stereocenters. The highest BCUT2D eigenvalue weighted by molar-refractivity contribution is 5.87. The Hall–Kier alpha value is -0.630. The Morgan fingerprint density at radius 1 is 1.29 bits per heavy atom. The van der Waals surface area contributed by atoms with Crippen molar-refractivity contribution in [3.63, 3.8) is 0 Å². The van der Waals surface area contributed by atoms with Crippen LogP contribution in [0, 0.1) is 17.8 Å². The van der Waals surface area contributed by atoms with Gasteiger partial charge in [-0.15, -0.1) is 0 Å². The van der Waals surface area contributed by atoms with Crippen LogP contribution in [-0.2, 0) is 4.79 Å². The van der Waals surface area contributed by atoms with E-state index in [0.29, 0.717) is 17.8 Å². The van der Waals surface area contributed by atoms with Crippen molar-refractivity contribution in [2.75, 3.05) is 0 Å². The third kappa shape index (κ3) is 2.95. The van der Waals surface area contributed by atoms with Crippen LogP contribution in [0.4, 0.5) is 0 Å². The largest absolute Gasteiger partial charge is 0.393 e. The third-order valence-electron chi connectivity index (χ3n) is 3.16. The number of rotatable bonds is 2. The first-order valence-electron chi connectivity index (χ1n) is 5.37. The number of hydrogen-bond acceptors (Lipinski definition) is 2. The van der Waals surface area contributed by atoms with E-state index in [1.807, 2.05) is 6.08 Å². The molecule has 1 N–H and O–H groups in total. The first kappa shape index (κ1) is 11.4. The van der Waals surface area contributed by atoms with Gasteiger partial charge in [-0.3, -0.25) is 4.79 Å². The van der Waals surface area contributed by atoms with Crippen molar-refractivity contribution in [2.24, 2.45) is 17.8 Å². The van der Waals surface area contributed by atoms with Crippen molar-refractivity contribution >= 4 is 5.78 Å². The van der Waals surface area contributed by atoms with Crippen LogP contribution in [0.3, 0.4) is 0 Å². The van der Waals surface area contributed by atoms with Crippen molar-refractivity contribution in [1.29, 1.82) is 0 Å². The minimum atomic E-state index is -0.151. The van der Waals surface area contributed by atoms with E-state index in [2.05, 4.69) is 13.8 Å². The molecule has 0 radical (unpaired) electrons. The van der Waals surface area contributed by atoms with Crippen LogP contribution >= 0.6 is 0 Å². The fourth-order valence-corrected chi connectivity index (χ4v) is 2.46. The molecule has 0 amide bonds. The van der Waals surface area contributed by atoms with Gasteiger partial charge in [0.05, 0.1) is 6.10 Å². The molecule has 80 valence electrons. The molecule has 0 aromatic rings. The maximum absolute atomic E-state index is 10.8. The highest BCUT2D eigenvalue weighted by atomic mass is 16.3. The van der Waals surface area contributed by atoms with Crippen molar-refractivity contribution in [2.45, 2.75) is 39.7 Å². The molecule has 2 heteroatoms. The normalized spacial score (nSPS) is 38.9. The van der Waals surface area contributed by atoms with E-state index in [9.17, 15) is 9.90 Å². The van der Waals surface area contributed by atoms with Crippen LogP contribution in [0.15, 0.2) is 12.2 Å². The van der Waals surface area contributed by atoms with Gasteiger partial charge in [-0.25, -0.2) is 0 Å². The van der Waals surface area contributed by atoms with Crippen LogP contribution in [-0.4, -0.2) is 17.0 Å². The van der Waals surface area contributed by atoms with Crippen LogP contribution in [0.1, 0.15) is 33.6 Å². The number of allylic oxidation sites excluding steroid dienone is 2. The number of carbonyl (C=O) groups is 1. The number of aliphatic hydroxyl groups is 1. The zero-order chi connectivity index (χ0) is 10.7. The monoisotopic (exact) mass is 196 g/mol. The fraction of sp³-hybridized carbons (Fsp3) is 0.750. The molecule has 1 aliphatic carbocycles. The lowest BCUT2D eigenvalue weighted by molar-refractivity contribution is -0.112. The summed E-state index contributed by atoms with van der Waals surface area (Å²) in [5, 5.41) is 9.55. The maximum atomic E-state index is 10.8. The summed E-state index contributed by atoms with van der Waals surface area (Å²) in [6.07, 6.45) is 5.25. The van der Waals surface area contributed by atoms with Gasteiger partial charge < -0.3 is 5.11 Å². The minimum Gasteiger partial charge on any atom is -0.393 e. The van der Waals surface area contributed by atoms with Crippen molar-refractivity contribution in [1.82, 2.24) is 0 Å². The second-order valence-corrected chi connectivity index (χ2v) is 4.63. The Labute approximate surface area is 86.0 Å². The third-order valence-corrected chi connectivity index (χ3v) is 3.16. The summed E-state index contributed by atoms with van der Waals surface area (Å²) in [6, 6.07) is 0. The number of ketones is 1. The van der Waals surface area contributed by atoms with Gasteiger partial charge in [0.2, 0.25) is 0 Å². The molecule has 2 nitrogen and oxygen atoms in total. The van der Waals surface area contributed by atoms with Gasteiger partial charge in [0.1, 0.15) is 0 Å². The summed E-state index contributed by atoms with van der Waals surface area (Å²) in [6.45, 7) is 5.87. The van der Waals surface area contributed by atoms with Crippen molar-refractivity contribution in [3.05, 3.63) is 12.2 Å². The van der Waals surface area contributed by atoms with E-state index < -0.39 is 0 Å². The first-order chi connectivity index (χ1) is 6.50. The van der Waals surface area contributed by atoms with Gasteiger partial charge in [0.25, 0.3) is 0 Å². The Morgan fingerprint density at radius 3 is 2.21 bits per heavy atom. The van der Waals surface area contributed by atoms with Crippen LogP contribution in [0.2, 0.25) is 0 Å². The van der Waals surface area contributed by atoms with Gasteiger partial charge in [0.15, 0.2) is 5.78 Å². The lowest BCUT2D eigenvalue weighted by atomic mass is 9.72. The van der Waals surface area contributed by atoms with Gasteiger partial charge in [-0.05, 0) is 43.6 Å². The number of aliphatic hydroxyl groups excluding tert-OH is 1. The number of carbonyl (C=O) groups excluding carboxylic acids is 1. The predicted octanol–water partition coefficient (Wildman–Crippen LogP) is 2.17. The van der Waals surface area contributed by atoms with E-state index in [0.717, 1.165) is 12.8 Å².